The summed E-state index contributed by atoms with van der Waals surface area (Å²) in [7, 11) is 0. The maximum atomic E-state index is 12.6. The van der Waals surface area contributed by atoms with Crippen LogP contribution in [0.1, 0.15) is 34.5 Å². The molecule has 1 aliphatic carbocycles. The van der Waals surface area contributed by atoms with Crippen LogP contribution in [0.15, 0.2) is 57.7 Å². The number of hydrogen-bond acceptors (Lipinski definition) is 4. The fourth-order valence-electron chi connectivity index (χ4n) is 3.82. The van der Waals surface area contributed by atoms with Crippen molar-refractivity contribution in [2.24, 2.45) is 5.92 Å². The van der Waals surface area contributed by atoms with Gasteiger partial charge < -0.3 is 14.6 Å². The van der Waals surface area contributed by atoms with E-state index >= 15 is 0 Å². The van der Waals surface area contributed by atoms with Gasteiger partial charge in [0, 0.05) is 30.8 Å². The summed E-state index contributed by atoms with van der Waals surface area (Å²) in [6, 6.07) is 13.8. The minimum atomic E-state index is -0.477. The molecule has 29 heavy (non-hydrogen) atoms. The third-order valence-corrected chi connectivity index (χ3v) is 5.57. The Kier molecular flexibility index (Phi) is 4.19. The molecule has 6 nitrogen and oxygen atoms in total. The molecule has 1 fully saturated rings. The molecule has 2 heterocycles. The summed E-state index contributed by atoms with van der Waals surface area (Å²) in [5.74, 6) is -0.0650. The zero-order chi connectivity index (χ0) is 20.0. The van der Waals surface area contributed by atoms with E-state index < -0.39 is 5.91 Å². The molecule has 6 heteroatoms. The Labute approximate surface area is 167 Å². The summed E-state index contributed by atoms with van der Waals surface area (Å²) in [4.78, 5) is 39.2. The number of hydrogen-bond donors (Lipinski definition) is 1. The highest BCUT2D eigenvalue weighted by Crippen LogP contribution is 2.33. The first-order chi connectivity index (χ1) is 14.1. The van der Waals surface area contributed by atoms with Gasteiger partial charge in [0.25, 0.3) is 5.91 Å². The SMILES string of the molecule is O=C(Nc1ccc2c(c1)CN(C(=O)C1CC1)CC2)c1cc(=O)c2ccccc2o1. The fourth-order valence-corrected chi connectivity index (χ4v) is 3.82. The van der Waals surface area contributed by atoms with Crippen LogP contribution in [0.2, 0.25) is 0 Å². The predicted octanol–water partition coefficient (Wildman–Crippen LogP) is 3.34. The van der Waals surface area contributed by atoms with Gasteiger partial charge in [0.15, 0.2) is 11.2 Å². The molecule has 5 rings (SSSR count). The summed E-state index contributed by atoms with van der Waals surface area (Å²) in [5, 5.41) is 3.25. The van der Waals surface area contributed by atoms with E-state index in [-0.39, 0.29) is 23.0 Å². The van der Waals surface area contributed by atoms with Crippen LogP contribution >= 0.6 is 0 Å². The highest BCUT2D eigenvalue weighted by molar-refractivity contribution is 6.03. The van der Waals surface area contributed by atoms with Gasteiger partial charge in [-0.2, -0.15) is 0 Å². The number of para-hydroxylation sites is 1. The number of nitrogens with one attached hydrogen (secondary N) is 1. The van der Waals surface area contributed by atoms with Crippen LogP contribution in [0.5, 0.6) is 0 Å². The summed E-state index contributed by atoms with van der Waals surface area (Å²) in [6.07, 6.45) is 2.81. The molecular formula is C23H20N2O4. The van der Waals surface area contributed by atoms with Crippen molar-refractivity contribution in [3.05, 3.63) is 75.6 Å². The van der Waals surface area contributed by atoms with Gasteiger partial charge in [0.05, 0.1) is 5.39 Å². The van der Waals surface area contributed by atoms with Gasteiger partial charge in [0.2, 0.25) is 5.91 Å². The van der Waals surface area contributed by atoms with E-state index in [1.807, 2.05) is 23.1 Å². The maximum Gasteiger partial charge on any atom is 0.291 e. The van der Waals surface area contributed by atoms with Crippen molar-refractivity contribution in [3.63, 3.8) is 0 Å². The second kappa shape index (κ2) is 6.88. The third-order valence-electron chi connectivity index (χ3n) is 5.57. The molecule has 1 aromatic heterocycles. The van der Waals surface area contributed by atoms with Crippen molar-refractivity contribution in [2.45, 2.75) is 25.8 Å². The maximum absolute atomic E-state index is 12.6. The van der Waals surface area contributed by atoms with Gasteiger partial charge >= 0.3 is 0 Å². The second-order valence-corrected chi connectivity index (χ2v) is 7.69. The Morgan fingerprint density at radius 1 is 1.03 bits per heavy atom. The molecule has 0 atom stereocenters. The summed E-state index contributed by atoms with van der Waals surface area (Å²) >= 11 is 0. The lowest BCUT2D eigenvalue weighted by Crippen LogP contribution is -2.36. The number of fused-ring (bicyclic) bond motifs is 2. The first-order valence-electron chi connectivity index (χ1n) is 9.83. The Hall–Kier alpha value is -3.41. The highest BCUT2D eigenvalue weighted by atomic mass is 16.3. The number of benzene rings is 2. The minimum Gasteiger partial charge on any atom is -0.451 e. The minimum absolute atomic E-state index is 0.0306. The monoisotopic (exact) mass is 388 g/mol. The van der Waals surface area contributed by atoms with Gasteiger partial charge in [0.1, 0.15) is 5.58 Å². The van der Waals surface area contributed by atoms with Crippen LogP contribution in [-0.4, -0.2) is 23.3 Å². The molecule has 2 aromatic carbocycles. The van der Waals surface area contributed by atoms with Crippen LogP contribution < -0.4 is 10.7 Å². The summed E-state index contributed by atoms with van der Waals surface area (Å²) in [6.45, 7) is 1.32. The topological polar surface area (TPSA) is 79.6 Å². The van der Waals surface area contributed by atoms with Gasteiger partial charge in [-0.3, -0.25) is 14.4 Å². The molecule has 1 saturated carbocycles. The lowest BCUT2D eigenvalue weighted by molar-refractivity contribution is -0.133. The van der Waals surface area contributed by atoms with Crippen molar-refractivity contribution >= 4 is 28.5 Å². The Morgan fingerprint density at radius 3 is 2.69 bits per heavy atom. The lowest BCUT2D eigenvalue weighted by Gasteiger charge is -2.29. The molecule has 0 saturated heterocycles. The number of carbonyl (C=O) groups excluding carboxylic acids is 2. The zero-order valence-electron chi connectivity index (χ0n) is 15.8. The van der Waals surface area contributed by atoms with E-state index in [9.17, 15) is 14.4 Å². The molecule has 2 aliphatic rings. The fraction of sp³-hybridized carbons (Fsp3) is 0.261. The van der Waals surface area contributed by atoms with E-state index in [0.29, 0.717) is 23.2 Å². The largest absolute Gasteiger partial charge is 0.451 e. The number of amides is 2. The van der Waals surface area contributed by atoms with Crippen molar-refractivity contribution < 1.29 is 14.0 Å². The van der Waals surface area contributed by atoms with Crippen molar-refractivity contribution in [1.29, 1.82) is 0 Å². The van der Waals surface area contributed by atoms with Crippen molar-refractivity contribution in [3.8, 4) is 0 Å². The van der Waals surface area contributed by atoms with E-state index in [1.165, 1.54) is 11.6 Å². The normalized spacial score (nSPS) is 15.8. The molecule has 2 amide bonds. The molecule has 3 aromatic rings. The number of carbonyl (C=O) groups is 2. The molecule has 1 aliphatic heterocycles. The lowest BCUT2D eigenvalue weighted by atomic mass is 9.98. The number of rotatable bonds is 3. The van der Waals surface area contributed by atoms with Gasteiger partial charge in [-0.05, 0) is 54.7 Å². The van der Waals surface area contributed by atoms with Crippen LogP contribution in [0.4, 0.5) is 5.69 Å². The second-order valence-electron chi connectivity index (χ2n) is 7.69. The zero-order valence-corrected chi connectivity index (χ0v) is 15.8. The van der Waals surface area contributed by atoms with E-state index in [1.54, 1.807) is 24.3 Å². The first-order valence-corrected chi connectivity index (χ1v) is 9.83. The highest BCUT2D eigenvalue weighted by Gasteiger charge is 2.34. The standard InChI is InChI=1S/C23H20N2O4/c26-19-12-21(29-20-4-2-1-3-18(19)20)22(27)24-17-8-7-14-9-10-25(13-16(14)11-17)23(28)15-5-6-15/h1-4,7-8,11-12,15H,5-6,9-10,13H2,(H,24,27). The average molecular weight is 388 g/mol. The van der Waals surface area contributed by atoms with E-state index in [0.717, 1.165) is 31.4 Å². The quantitative estimate of drug-likeness (QED) is 0.746. The molecular weight excluding hydrogens is 368 g/mol. The molecule has 0 bridgehead atoms. The third kappa shape index (κ3) is 3.42. The van der Waals surface area contributed by atoms with Gasteiger partial charge in [-0.15, -0.1) is 0 Å². The summed E-state index contributed by atoms with van der Waals surface area (Å²) in [5.41, 5.74) is 2.98. The van der Waals surface area contributed by atoms with Gasteiger partial charge in [-0.1, -0.05) is 18.2 Å². The van der Waals surface area contributed by atoms with E-state index in [2.05, 4.69) is 5.32 Å². The predicted molar refractivity (Wildman–Crippen MR) is 109 cm³/mol. The molecule has 0 radical (unpaired) electrons. The van der Waals surface area contributed by atoms with Gasteiger partial charge in [-0.25, -0.2) is 0 Å². The van der Waals surface area contributed by atoms with Crippen LogP contribution in [-0.2, 0) is 17.8 Å². The van der Waals surface area contributed by atoms with E-state index in [4.69, 9.17) is 4.42 Å². The first kappa shape index (κ1) is 17.7. The Morgan fingerprint density at radius 2 is 1.86 bits per heavy atom. The Balaban J connectivity index is 1.37. The molecule has 0 unspecified atom stereocenters. The van der Waals surface area contributed by atoms with Crippen molar-refractivity contribution in [1.82, 2.24) is 4.90 Å². The van der Waals surface area contributed by atoms with Crippen LogP contribution in [0.25, 0.3) is 11.0 Å². The van der Waals surface area contributed by atoms with Crippen molar-refractivity contribution in [2.75, 3.05) is 11.9 Å². The molecule has 0 spiro atoms. The smallest absolute Gasteiger partial charge is 0.291 e. The molecule has 1 N–H and O–H groups in total. The van der Waals surface area contributed by atoms with Crippen LogP contribution in [0.3, 0.4) is 0 Å². The number of nitrogens with zero attached hydrogens (tertiary/aromatic N) is 1. The Bertz CT molecular complexity index is 1190. The molecule has 146 valence electrons. The summed E-state index contributed by atoms with van der Waals surface area (Å²) < 4.78 is 5.61. The van der Waals surface area contributed by atoms with Crippen LogP contribution in [0, 0.1) is 5.92 Å². The number of anilines is 1. The average Bonchev–Trinajstić information content (AvgIpc) is 3.58.